The minimum atomic E-state index is -3.56. The molecule has 0 saturated heterocycles. The summed E-state index contributed by atoms with van der Waals surface area (Å²) in [6.45, 7) is 5.84. The first-order chi connectivity index (χ1) is 61.2. The molecule has 35 nitrogen and oxygen atoms in total. The zero-order valence-corrected chi connectivity index (χ0v) is 83.4. The fraction of sp³-hybridized carbons (Fsp3) is 0.920. The zero-order chi connectivity index (χ0) is 95.4. The Morgan fingerprint density at radius 3 is 1.03 bits per heavy atom. The van der Waals surface area contributed by atoms with E-state index in [9.17, 15) is 92.5 Å². The predicted octanol–water partition coefficient (Wildman–Crippen LogP) is 10.4. The molecule has 16 fully saturated rings. The van der Waals surface area contributed by atoms with Gasteiger partial charge in [0, 0.05) is 0 Å². The number of ether oxygens (including phenoxy) is 7. The van der Waals surface area contributed by atoms with E-state index >= 15 is 0 Å². The third-order valence-corrected chi connectivity index (χ3v) is 40.2. The molecule has 16 unspecified atom stereocenters. The third kappa shape index (κ3) is 30.6. The highest BCUT2D eigenvalue weighted by Gasteiger charge is 2.65. The molecule has 0 heterocycles. The van der Waals surface area contributed by atoms with Crippen molar-refractivity contribution in [2.75, 3.05) is 136 Å². The summed E-state index contributed by atoms with van der Waals surface area (Å²) in [5.74, 6) is 6.05. The fourth-order valence-electron chi connectivity index (χ4n) is 25.0. The van der Waals surface area contributed by atoms with Crippen LogP contribution in [0.15, 0.2) is 0 Å². The third-order valence-electron chi connectivity index (χ3n) is 31.9. The molecule has 0 aromatic rings. The molecule has 16 saturated carbocycles. The molecule has 16 aliphatic carbocycles. The van der Waals surface area contributed by atoms with Crippen LogP contribution in [0, 0.1) is 135 Å². The van der Waals surface area contributed by atoms with Gasteiger partial charge in [-0.15, -0.1) is 0 Å². The Kier molecular flexibility index (Phi) is 40.6. The maximum atomic E-state index is 12.4. The summed E-state index contributed by atoms with van der Waals surface area (Å²) in [5, 5.41) is 0. The van der Waals surface area contributed by atoms with Crippen LogP contribution in [0.4, 0.5) is 0 Å². The second kappa shape index (κ2) is 48.3. The molecule has 16 rings (SSSR count). The van der Waals surface area contributed by atoms with Crippen LogP contribution in [0.3, 0.4) is 0 Å². The van der Waals surface area contributed by atoms with Gasteiger partial charge < -0.3 is 33.2 Å². The van der Waals surface area contributed by atoms with Gasteiger partial charge in [0.2, 0.25) is 0 Å². The van der Waals surface area contributed by atoms with Crippen molar-refractivity contribution < 1.29 is 155 Å². The predicted molar refractivity (Wildman–Crippen MR) is 473 cm³/mol. The molecule has 12 bridgehead atoms. The molecule has 16 aliphatic rings. The van der Waals surface area contributed by atoms with E-state index in [1.54, 1.807) is 0 Å². The molecule has 750 valence electrons. The topological polar surface area (TPSA) is 488 Å². The van der Waals surface area contributed by atoms with Gasteiger partial charge in [0.1, 0.15) is 86.5 Å². The van der Waals surface area contributed by atoms with Crippen molar-refractivity contribution >= 4 is 113 Å². The SMILES string of the molecule is COS(=O)(=O)CCOC(=O)C12CC3CC(CC(C3)C1)C2.COS(=O)(=O)CCOC(=O)C1CC2CC1C1C3CCC(C3)C21.COS(=O)(=O)CCOC(=O)C1CC2CCC1(C)C2(C)C.COS(=O)(=O)CCOC(=O)C1CC2CCC1C2.COS(=O)(=O)CCOC(=O)C1CCC2CCCCC2C1.COS(=O)(=O)CCOC(=O)C1CCCC1.COS(=O)(=O)CCOC(=O)C1CCCCC1. The number of carbonyl (C=O) groups is 7. The standard InChI is InChI=1S/C16H24O5S.C14H22O5S.2C14H24O5S.C11H18O5S.C10H18O5S.C9H16O5S/c1-20-22(18,19)5-4-21-16(17)13-8-11-7-12(13)15-10-3-2-9(6-10)14(11)15;1-18-20(16,17)3-2-19-13(15)14-7-10-4-11(8-14)6-12(5-10)9-14;1-13(2)10-5-6-14(13,3)11(9-10)12(15)19-7-8-20(16,17)18-4;1-18-20(16,17)9-8-19-14(15)13-7-6-11-4-2-3-5-12(11)10-13;1-15-17(13,14)5-4-16-11(12)10-7-8-2-3-9(10)6-8;1-14-16(12,13)8-7-15-10(11)9-5-3-2-4-6-9;1-13-15(11,12)7-6-14-9(10)8-4-2-3-5-8/h9-15H,2-8H2,1H3;10-12H,2-9H2,1H3;10-11H,5-9H2,1-4H3;11-13H,2-10H2,1H3;8-10H,2-7H2,1H3;9H,2-8H2,1H3;8H,2-7H2,1H3. The summed E-state index contributed by atoms with van der Waals surface area (Å²) in [6, 6.07) is 0. The minimum absolute atomic E-state index is 0.000927. The average Bonchev–Trinajstić information content (AvgIpc) is 1.55. The number of fused-ring (bicyclic) bond motifs is 14. The highest BCUT2D eigenvalue weighted by molar-refractivity contribution is 7.88. The monoisotopic (exact) mass is 1990 g/mol. The van der Waals surface area contributed by atoms with E-state index in [0.717, 1.165) is 208 Å². The highest BCUT2D eigenvalue weighted by atomic mass is 32.2. The number of esters is 7. The van der Waals surface area contributed by atoms with Crippen molar-refractivity contribution in [3.8, 4) is 0 Å². The summed E-state index contributed by atoms with van der Waals surface area (Å²) in [4.78, 5) is 83.6. The van der Waals surface area contributed by atoms with Crippen molar-refractivity contribution in [3.05, 3.63) is 0 Å². The van der Waals surface area contributed by atoms with Crippen LogP contribution >= 0.6 is 0 Å². The fourth-order valence-corrected chi connectivity index (χ4v) is 28.2. The van der Waals surface area contributed by atoms with E-state index in [-0.39, 0.29) is 180 Å². The van der Waals surface area contributed by atoms with Crippen LogP contribution in [0.2, 0.25) is 0 Å². The van der Waals surface area contributed by atoms with Gasteiger partial charge in [0.25, 0.3) is 70.8 Å². The first kappa shape index (κ1) is 109. The molecule has 0 amide bonds. The average molecular weight is 1990 g/mol. The maximum absolute atomic E-state index is 12.4. The molecular weight excluding hydrogens is 1840 g/mol. The Balaban J connectivity index is 0.000000172. The van der Waals surface area contributed by atoms with E-state index in [2.05, 4.69) is 50.1 Å². The molecule has 42 heteroatoms. The van der Waals surface area contributed by atoms with Gasteiger partial charge in [0.15, 0.2) is 0 Å². The van der Waals surface area contributed by atoms with Crippen LogP contribution in [-0.2, 0) is 167 Å². The van der Waals surface area contributed by atoms with Gasteiger partial charge >= 0.3 is 41.8 Å². The van der Waals surface area contributed by atoms with E-state index in [4.69, 9.17) is 33.2 Å². The van der Waals surface area contributed by atoms with E-state index in [0.29, 0.717) is 53.3 Å². The molecule has 0 aromatic carbocycles. The number of carbonyl (C=O) groups excluding carboxylic acids is 7. The molecule has 130 heavy (non-hydrogen) atoms. The molecule has 0 aliphatic heterocycles. The summed E-state index contributed by atoms with van der Waals surface area (Å²) in [7, 11) is -17.0. The normalized spacial score (nSPS) is 32.2. The minimum Gasteiger partial charge on any atom is -0.464 e. The Hall–Kier alpha value is -4.34. The molecule has 0 radical (unpaired) electrons. The lowest BCUT2D eigenvalue weighted by molar-refractivity contribution is -0.171. The van der Waals surface area contributed by atoms with Gasteiger partial charge in [-0.25, -0.2) is 0 Å². The lowest BCUT2D eigenvalue weighted by Crippen LogP contribution is -2.50. The summed E-state index contributed by atoms with van der Waals surface area (Å²) in [6.07, 6.45) is 37.2. The summed E-state index contributed by atoms with van der Waals surface area (Å²) >= 11 is 0. The van der Waals surface area contributed by atoms with Crippen molar-refractivity contribution in [3.63, 3.8) is 0 Å². The van der Waals surface area contributed by atoms with Crippen molar-refractivity contribution in [1.82, 2.24) is 0 Å². The highest BCUT2D eigenvalue weighted by Crippen LogP contribution is 2.70. The summed E-state index contributed by atoms with van der Waals surface area (Å²) < 4.78 is 221. The van der Waals surface area contributed by atoms with E-state index in [1.165, 1.54) is 89.9 Å². The maximum Gasteiger partial charge on any atom is 0.312 e. The smallest absolute Gasteiger partial charge is 0.312 e. The Morgan fingerprint density at radius 1 is 0.277 bits per heavy atom. The number of hydrogen-bond donors (Lipinski definition) is 0. The lowest BCUT2D eigenvalue weighted by Gasteiger charge is -2.55. The molecule has 0 spiro atoms. The quantitative estimate of drug-likeness (QED) is 0.0246. The zero-order valence-electron chi connectivity index (χ0n) is 77.6. The molecule has 0 aromatic heterocycles. The van der Waals surface area contributed by atoms with Crippen molar-refractivity contribution in [1.29, 1.82) is 0 Å². The number of hydrogen-bond acceptors (Lipinski definition) is 35. The van der Waals surface area contributed by atoms with Crippen LogP contribution < -0.4 is 0 Å². The second-order valence-corrected chi connectivity index (χ2v) is 52.4. The van der Waals surface area contributed by atoms with Gasteiger partial charge in [-0.05, 0) is 248 Å². The largest absolute Gasteiger partial charge is 0.464 e. The van der Waals surface area contributed by atoms with Crippen LogP contribution in [-0.4, -0.2) is 237 Å². The summed E-state index contributed by atoms with van der Waals surface area (Å²) in [5.41, 5.74) is -0.199. The van der Waals surface area contributed by atoms with Gasteiger partial charge in [-0.1, -0.05) is 85.0 Å². The van der Waals surface area contributed by atoms with Crippen molar-refractivity contribution in [2.24, 2.45) is 135 Å². The molecular formula is C88H146O35S7. The lowest BCUT2D eigenvalue weighted by atomic mass is 9.49. The van der Waals surface area contributed by atoms with E-state index < -0.39 is 70.8 Å². The molecule has 16 atom stereocenters. The van der Waals surface area contributed by atoms with Gasteiger partial charge in [-0.2, -0.15) is 58.9 Å². The second-order valence-electron chi connectivity index (χ2n) is 39.4. The van der Waals surface area contributed by atoms with Crippen LogP contribution in [0.5, 0.6) is 0 Å². The Morgan fingerprint density at radius 2 is 0.638 bits per heavy atom. The van der Waals surface area contributed by atoms with Crippen molar-refractivity contribution in [2.45, 2.75) is 239 Å². The number of rotatable bonds is 35. The first-order valence-electron chi connectivity index (χ1n) is 46.8. The Bertz CT molecular complexity index is 4570. The molecule has 0 N–H and O–H groups in total. The van der Waals surface area contributed by atoms with Gasteiger partial charge in [-0.3, -0.25) is 62.8 Å². The first-order valence-corrected chi connectivity index (χ1v) is 57.9. The van der Waals surface area contributed by atoms with E-state index in [1.807, 2.05) is 0 Å². The van der Waals surface area contributed by atoms with Crippen LogP contribution in [0.25, 0.3) is 0 Å². The Labute approximate surface area is 772 Å². The van der Waals surface area contributed by atoms with Gasteiger partial charge in [0.05, 0.1) is 90.7 Å². The van der Waals surface area contributed by atoms with Crippen LogP contribution in [0.1, 0.15) is 239 Å².